The summed E-state index contributed by atoms with van der Waals surface area (Å²) in [5.41, 5.74) is 0.862. The summed E-state index contributed by atoms with van der Waals surface area (Å²) in [7, 11) is 0. The van der Waals surface area contributed by atoms with E-state index < -0.39 is 0 Å². The molecule has 1 fully saturated rings. The number of Topliss-reactive ketones (excluding diaryl/α,β-unsaturated/α-hetero) is 1. The second kappa shape index (κ2) is 5.26. The Morgan fingerprint density at radius 2 is 1.88 bits per heavy atom. The largest absolute Gasteiger partial charge is 0.299 e. The number of likely N-dealkylation sites (tertiary alicyclic amines) is 1. The minimum absolute atomic E-state index is 0.221. The van der Waals surface area contributed by atoms with Crippen LogP contribution in [-0.2, 0) is 0 Å². The van der Waals surface area contributed by atoms with Crippen LogP contribution in [0.4, 0.5) is 0 Å². The maximum Gasteiger partial charge on any atom is 0.166 e. The van der Waals surface area contributed by atoms with Crippen LogP contribution in [0.15, 0.2) is 30.3 Å². The van der Waals surface area contributed by atoms with Gasteiger partial charge in [-0.2, -0.15) is 0 Å². The van der Waals surface area contributed by atoms with Crippen LogP contribution >= 0.6 is 0 Å². The Labute approximate surface area is 97.3 Å². The Kier molecular flexibility index (Phi) is 3.73. The number of carbonyl (C=O) groups is 1. The van der Waals surface area contributed by atoms with Crippen LogP contribution in [0.2, 0.25) is 0 Å². The number of piperidine rings is 1. The highest BCUT2D eigenvalue weighted by atomic mass is 16.1. The lowest BCUT2D eigenvalue weighted by atomic mass is 9.89. The third-order valence-electron chi connectivity index (χ3n) is 3.32. The van der Waals surface area contributed by atoms with E-state index in [0.717, 1.165) is 31.5 Å². The number of ketones is 1. The van der Waals surface area contributed by atoms with Crippen LogP contribution in [-0.4, -0.2) is 23.8 Å². The predicted octanol–water partition coefficient (Wildman–Crippen LogP) is 2.76. The molecule has 2 rings (SSSR count). The molecule has 0 saturated carbocycles. The molecule has 2 heteroatoms. The van der Waals surface area contributed by atoms with Crippen LogP contribution in [0, 0.1) is 12.5 Å². The molecule has 85 valence electrons. The summed E-state index contributed by atoms with van der Waals surface area (Å²) in [5.74, 6) is 0.537. The van der Waals surface area contributed by atoms with E-state index in [9.17, 15) is 4.79 Å². The molecular weight excluding hydrogens is 198 g/mol. The van der Waals surface area contributed by atoms with Gasteiger partial charge in [0.15, 0.2) is 5.78 Å². The molecule has 1 heterocycles. The zero-order valence-electron chi connectivity index (χ0n) is 9.73. The highest BCUT2D eigenvalue weighted by Gasteiger charge is 2.24. The van der Waals surface area contributed by atoms with Gasteiger partial charge in [0, 0.05) is 18.0 Å². The molecule has 1 aromatic rings. The average Bonchev–Trinajstić information content (AvgIpc) is 2.39. The molecule has 1 aliphatic heterocycles. The summed E-state index contributed by atoms with van der Waals surface area (Å²) in [6.07, 6.45) is 1.97. The van der Waals surface area contributed by atoms with Crippen molar-refractivity contribution in [3.05, 3.63) is 42.4 Å². The highest BCUT2D eigenvalue weighted by molar-refractivity contribution is 5.97. The first-order valence-corrected chi connectivity index (χ1v) is 5.94. The molecule has 0 unspecified atom stereocenters. The molecule has 0 N–H and O–H groups in total. The number of hydrogen-bond donors (Lipinski definition) is 0. The van der Waals surface area contributed by atoms with Crippen LogP contribution in [0.1, 0.15) is 30.1 Å². The van der Waals surface area contributed by atoms with Crippen LogP contribution in [0.3, 0.4) is 0 Å². The number of carbonyl (C=O) groups excluding carboxylic acids is 1. The summed E-state index contributed by atoms with van der Waals surface area (Å²) in [4.78, 5) is 14.5. The Morgan fingerprint density at radius 1 is 1.25 bits per heavy atom. The van der Waals surface area contributed by atoms with Gasteiger partial charge in [0.2, 0.25) is 0 Å². The van der Waals surface area contributed by atoms with E-state index in [1.54, 1.807) is 0 Å². The smallest absolute Gasteiger partial charge is 0.166 e. The summed E-state index contributed by atoms with van der Waals surface area (Å²) in [5, 5.41) is 0. The fourth-order valence-electron chi connectivity index (χ4n) is 2.26. The predicted molar refractivity (Wildman–Crippen MR) is 65.0 cm³/mol. The molecule has 1 radical (unpaired) electrons. The highest BCUT2D eigenvalue weighted by Crippen LogP contribution is 2.21. The van der Waals surface area contributed by atoms with Crippen molar-refractivity contribution in [1.29, 1.82) is 0 Å². The molecule has 0 spiro atoms. The van der Waals surface area contributed by atoms with E-state index in [2.05, 4.69) is 18.4 Å². The molecule has 0 atom stereocenters. The van der Waals surface area contributed by atoms with Crippen molar-refractivity contribution in [2.45, 2.75) is 19.8 Å². The molecule has 1 aromatic carbocycles. The Morgan fingerprint density at radius 3 is 2.44 bits per heavy atom. The second-order valence-electron chi connectivity index (χ2n) is 4.30. The second-order valence-corrected chi connectivity index (χ2v) is 4.30. The first kappa shape index (κ1) is 11.3. The van der Waals surface area contributed by atoms with Crippen molar-refractivity contribution in [2.24, 2.45) is 5.92 Å². The van der Waals surface area contributed by atoms with Crippen LogP contribution in [0.5, 0.6) is 0 Å². The van der Waals surface area contributed by atoms with Gasteiger partial charge in [-0.05, 0) is 32.9 Å². The van der Waals surface area contributed by atoms with Crippen LogP contribution < -0.4 is 0 Å². The van der Waals surface area contributed by atoms with Gasteiger partial charge in [-0.1, -0.05) is 30.3 Å². The number of hydrogen-bond acceptors (Lipinski definition) is 2. The van der Waals surface area contributed by atoms with Gasteiger partial charge >= 0.3 is 0 Å². The molecule has 1 saturated heterocycles. The molecule has 16 heavy (non-hydrogen) atoms. The Bertz CT molecular complexity index is 339. The Hall–Kier alpha value is -1.15. The summed E-state index contributed by atoms with van der Waals surface area (Å²) >= 11 is 0. The molecule has 0 bridgehead atoms. The van der Waals surface area contributed by atoms with E-state index in [0.29, 0.717) is 5.78 Å². The van der Waals surface area contributed by atoms with Crippen molar-refractivity contribution in [2.75, 3.05) is 13.1 Å². The Balaban J connectivity index is 1.97. The first-order chi connectivity index (χ1) is 7.81. The van der Waals surface area contributed by atoms with E-state index in [1.165, 1.54) is 0 Å². The standard InChI is InChI=1S/C14H18NO/c1-2-15-10-8-13(9-11-15)14(16)12-6-4-3-5-7-12/h2-7,13H,8-11H2,1H3. The summed E-state index contributed by atoms with van der Waals surface area (Å²) in [6, 6.07) is 9.65. The molecule has 0 aromatic heterocycles. The summed E-state index contributed by atoms with van der Waals surface area (Å²) in [6.45, 7) is 6.20. The van der Waals surface area contributed by atoms with E-state index in [4.69, 9.17) is 0 Å². The zero-order valence-corrected chi connectivity index (χ0v) is 9.73. The number of benzene rings is 1. The lowest BCUT2D eigenvalue weighted by Crippen LogP contribution is -2.34. The lowest BCUT2D eigenvalue weighted by molar-refractivity contribution is 0.0858. The lowest BCUT2D eigenvalue weighted by Gasteiger charge is -2.29. The SMILES string of the molecule is C[CH]N1CCC(C(=O)c2ccccc2)CC1. The quantitative estimate of drug-likeness (QED) is 0.724. The van der Waals surface area contributed by atoms with Gasteiger partial charge in [0.05, 0.1) is 0 Å². The topological polar surface area (TPSA) is 20.3 Å². The molecule has 1 aliphatic rings. The average molecular weight is 216 g/mol. The van der Waals surface area contributed by atoms with Gasteiger partial charge in [-0.25, -0.2) is 0 Å². The van der Waals surface area contributed by atoms with Gasteiger partial charge in [-0.3, -0.25) is 9.69 Å². The normalized spacial score (nSPS) is 18.6. The monoisotopic (exact) mass is 216 g/mol. The maximum atomic E-state index is 12.2. The van der Waals surface area contributed by atoms with Gasteiger partial charge in [-0.15, -0.1) is 0 Å². The van der Waals surface area contributed by atoms with E-state index >= 15 is 0 Å². The minimum atomic E-state index is 0.221. The van der Waals surface area contributed by atoms with Gasteiger partial charge in [0.1, 0.15) is 0 Å². The zero-order chi connectivity index (χ0) is 11.4. The fourth-order valence-corrected chi connectivity index (χ4v) is 2.26. The molecule has 2 nitrogen and oxygen atoms in total. The molecule has 0 amide bonds. The number of nitrogens with zero attached hydrogens (tertiary/aromatic N) is 1. The van der Waals surface area contributed by atoms with Gasteiger partial charge < -0.3 is 0 Å². The van der Waals surface area contributed by atoms with Crippen molar-refractivity contribution in [3.8, 4) is 0 Å². The maximum absolute atomic E-state index is 12.2. The minimum Gasteiger partial charge on any atom is -0.299 e. The van der Waals surface area contributed by atoms with Crippen molar-refractivity contribution in [3.63, 3.8) is 0 Å². The van der Waals surface area contributed by atoms with Gasteiger partial charge in [0.25, 0.3) is 0 Å². The molecular formula is C14H18NO. The van der Waals surface area contributed by atoms with Crippen molar-refractivity contribution >= 4 is 5.78 Å². The fraction of sp³-hybridized carbons (Fsp3) is 0.429. The van der Waals surface area contributed by atoms with E-state index in [-0.39, 0.29) is 5.92 Å². The molecule has 0 aliphatic carbocycles. The third-order valence-corrected chi connectivity index (χ3v) is 3.32. The number of rotatable bonds is 3. The van der Waals surface area contributed by atoms with Crippen molar-refractivity contribution in [1.82, 2.24) is 4.90 Å². The van der Waals surface area contributed by atoms with Crippen molar-refractivity contribution < 1.29 is 4.79 Å². The van der Waals surface area contributed by atoms with Crippen LogP contribution in [0.25, 0.3) is 0 Å². The summed E-state index contributed by atoms with van der Waals surface area (Å²) < 4.78 is 0. The van der Waals surface area contributed by atoms with E-state index in [1.807, 2.05) is 30.3 Å². The first-order valence-electron chi connectivity index (χ1n) is 5.94. The third kappa shape index (κ3) is 2.50.